The zero-order valence-electron chi connectivity index (χ0n) is 11.2. The molecule has 2 heterocycles. The third kappa shape index (κ3) is 2.64. The number of hydrogen-bond donors (Lipinski definition) is 1. The number of hydrogen-bond acceptors (Lipinski definition) is 5. The Morgan fingerprint density at radius 2 is 2.16 bits per heavy atom. The Balaban J connectivity index is 2.26. The Morgan fingerprint density at radius 1 is 1.47 bits per heavy atom. The van der Waals surface area contributed by atoms with Crippen LogP contribution in [0.25, 0.3) is 0 Å². The standard InChI is InChI=1S/C13H17NO4S/c1-7-4-10(8(2)19-7)12(16)14-6-9(15)5-11(14)13(17)18-3/h4,9,11,15H,5-6H2,1-3H3. The molecule has 2 atom stereocenters. The molecule has 1 amide bonds. The highest BCUT2D eigenvalue weighted by Crippen LogP contribution is 2.26. The summed E-state index contributed by atoms with van der Waals surface area (Å²) in [5.41, 5.74) is 0.602. The maximum Gasteiger partial charge on any atom is 0.328 e. The van der Waals surface area contributed by atoms with Gasteiger partial charge in [0.25, 0.3) is 5.91 Å². The van der Waals surface area contributed by atoms with Gasteiger partial charge >= 0.3 is 5.97 Å². The molecular formula is C13H17NO4S. The lowest BCUT2D eigenvalue weighted by atomic mass is 10.2. The Labute approximate surface area is 115 Å². The summed E-state index contributed by atoms with van der Waals surface area (Å²) in [5.74, 6) is -0.691. The number of rotatable bonds is 2. The van der Waals surface area contributed by atoms with Crippen LogP contribution in [-0.4, -0.2) is 47.7 Å². The van der Waals surface area contributed by atoms with Crippen LogP contribution in [0.1, 0.15) is 26.5 Å². The van der Waals surface area contributed by atoms with E-state index in [2.05, 4.69) is 0 Å². The number of esters is 1. The van der Waals surface area contributed by atoms with Crippen molar-refractivity contribution >= 4 is 23.2 Å². The zero-order valence-corrected chi connectivity index (χ0v) is 12.0. The van der Waals surface area contributed by atoms with E-state index in [1.54, 1.807) is 11.3 Å². The minimum absolute atomic E-state index is 0.174. The lowest BCUT2D eigenvalue weighted by Crippen LogP contribution is -2.41. The molecule has 104 valence electrons. The molecule has 1 fully saturated rings. The number of aliphatic hydroxyl groups is 1. The normalized spacial score (nSPS) is 22.6. The van der Waals surface area contributed by atoms with Crippen molar-refractivity contribution in [2.75, 3.05) is 13.7 Å². The maximum absolute atomic E-state index is 12.5. The second-order valence-corrected chi connectivity index (χ2v) is 6.17. The van der Waals surface area contributed by atoms with Gasteiger partial charge in [0.05, 0.1) is 18.8 Å². The molecule has 1 aliphatic rings. The first kappa shape index (κ1) is 14.0. The highest BCUT2D eigenvalue weighted by molar-refractivity contribution is 7.12. The van der Waals surface area contributed by atoms with Gasteiger partial charge < -0.3 is 14.7 Å². The predicted molar refractivity (Wildman–Crippen MR) is 71.3 cm³/mol. The molecule has 0 spiro atoms. The third-order valence-electron chi connectivity index (χ3n) is 3.28. The van der Waals surface area contributed by atoms with E-state index >= 15 is 0 Å². The Hall–Kier alpha value is -1.40. The summed E-state index contributed by atoms with van der Waals surface area (Å²) in [7, 11) is 1.29. The Kier molecular flexibility index (Phi) is 3.91. The first-order valence-corrected chi connectivity index (χ1v) is 6.89. The summed E-state index contributed by atoms with van der Waals surface area (Å²) in [6.45, 7) is 3.99. The predicted octanol–water partition coefficient (Wildman–Crippen LogP) is 1.11. The zero-order chi connectivity index (χ0) is 14.2. The second-order valence-electron chi connectivity index (χ2n) is 4.71. The molecule has 19 heavy (non-hydrogen) atoms. The third-order valence-corrected chi connectivity index (χ3v) is 4.25. The molecule has 1 aromatic heterocycles. The van der Waals surface area contributed by atoms with Crippen molar-refractivity contribution in [1.29, 1.82) is 0 Å². The van der Waals surface area contributed by atoms with Crippen LogP contribution in [0.3, 0.4) is 0 Å². The number of thiophene rings is 1. The van der Waals surface area contributed by atoms with Crippen molar-refractivity contribution in [3.63, 3.8) is 0 Å². The molecule has 0 saturated carbocycles. The summed E-state index contributed by atoms with van der Waals surface area (Å²) in [6, 6.07) is 1.13. The molecule has 5 nitrogen and oxygen atoms in total. The lowest BCUT2D eigenvalue weighted by molar-refractivity contribution is -0.145. The van der Waals surface area contributed by atoms with Crippen molar-refractivity contribution in [2.24, 2.45) is 0 Å². The van der Waals surface area contributed by atoms with E-state index in [1.807, 2.05) is 19.9 Å². The number of aliphatic hydroxyl groups excluding tert-OH is 1. The van der Waals surface area contributed by atoms with Crippen molar-refractivity contribution in [2.45, 2.75) is 32.4 Å². The average Bonchev–Trinajstić information content (AvgIpc) is 2.90. The van der Waals surface area contributed by atoms with E-state index in [-0.39, 0.29) is 18.9 Å². The number of likely N-dealkylation sites (tertiary alicyclic amines) is 1. The molecule has 1 aromatic rings. The van der Waals surface area contributed by atoms with E-state index in [4.69, 9.17) is 4.74 Å². The van der Waals surface area contributed by atoms with Crippen LogP contribution in [0, 0.1) is 13.8 Å². The van der Waals surface area contributed by atoms with Gasteiger partial charge in [0, 0.05) is 22.7 Å². The van der Waals surface area contributed by atoms with Gasteiger partial charge in [-0.15, -0.1) is 11.3 Å². The van der Waals surface area contributed by atoms with Crippen LogP contribution in [0.2, 0.25) is 0 Å². The number of aryl methyl sites for hydroxylation is 2. The SMILES string of the molecule is COC(=O)C1CC(O)CN1C(=O)c1cc(C)sc1C. The van der Waals surface area contributed by atoms with Gasteiger partial charge in [0.1, 0.15) is 6.04 Å². The summed E-state index contributed by atoms with van der Waals surface area (Å²) >= 11 is 1.55. The van der Waals surface area contributed by atoms with Crippen LogP contribution in [0.15, 0.2) is 6.07 Å². The maximum atomic E-state index is 12.5. The minimum atomic E-state index is -0.688. The van der Waals surface area contributed by atoms with E-state index in [1.165, 1.54) is 12.0 Å². The minimum Gasteiger partial charge on any atom is -0.467 e. The number of carbonyl (C=O) groups excluding carboxylic acids is 2. The summed E-state index contributed by atoms with van der Waals surface area (Å²) in [6.07, 6.45) is -0.436. The van der Waals surface area contributed by atoms with Crippen LogP contribution in [0.5, 0.6) is 0 Å². The fourth-order valence-electron chi connectivity index (χ4n) is 2.40. The molecule has 0 bridgehead atoms. The molecule has 2 unspecified atom stereocenters. The average molecular weight is 283 g/mol. The number of methoxy groups -OCH3 is 1. The second kappa shape index (κ2) is 5.30. The van der Waals surface area contributed by atoms with Crippen molar-refractivity contribution in [3.8, 4) is 0 Å². The molecule has 0 aromatic carbocycles. The van der Waals surface area contributed by atoms with Gasteiger partial charge in [-0.2, -0.15) is 0 Å². The van der Waals surface area contributed by atoms with Crippen molar-refractivity contribution < 1.29 is 19.4 Å². The van der Waals surface area contributed by atoms with Gasteiger partial charge in [-0.3, -0.25) is 4.79 Å². The van der Waals surface area contributed by atoms with Gasteiger partial charge in [0.2, 0.25) is 0 Å². The monoisotopic (exact) mass is 283 g/mol. The van der Waals surface area contributed by atoms with Crippen LogP contribution >= 0.6 is 11.3 Å². The molecule has 1 N–H and O–H groups in total. The molecule has 0 aliphatic carbocycles. The molecular weight excluding hydrogens is 266 g/mol. The summed E-state index contributed by atoms with van der Waals surface area (Å²) in [5, 5.41) is 9.69. The summed E-state index contributed by atoms with van der Waals surface area (Å²) in [4.78, 5) is 27.5. The van der Waals surface area contributed by atoms with Gasteiger partial charge in [-0.25, -0.2) is 4.79 Å². The first-order chi connectivity index (χ1) is 8.93. The molecule has 1 saturated heterocycles. The quantitative estimate of drug-likeness (QED) is 0.826. The van der Waals surface area contributed by atoms with E-state index in [9.17, 15) is 14.7 Å². The largest absolute Gasteiger partial charge is 0.467 e. The molecule has 1 aliphatic heterocycles. The number of ether oxygens (including phenoxy) is 1. The Bertz CT molecular complexity index is 511. The lowest BCUT2D eigenvalue weighted by Gasteiger charge is -2.22. The fourth-order valence-corrected chi connectivity index (χ4v) is 3.31. The number of β-amino-alcohol motifs (C(OH)–C–C–N with tert-alkyl or cyclic N) is 1. The van der Waals surface area contributed by atoms with Gasteiger partial charge in [-0.05, 0) is 19.9 Å². The highest BCUT2D eigenvalue weighted by Gasteiger charge is 2.40. The van der Waals surface area contributed by atoms with Gasteiger partial charge in [0.15, 0.2) is 0 Å². The van der Waals surface area contributed by atoms with E-state index in [0.717, 1.165) is 9.75 Å². The smallest absolute Gasteiger partial charge is 0.328 e. The number of carbonyl (C=O) groups is 2. The molecule has 2 rings (SSSR count). The van der Waals surface area contributed by atoms with Crippen molar-refractivity contribution in [1.82, 2.24) is 4.90 Å². The molecule has 6 heteroatoms. The number of amides is 1. The van der Waals surface area contributed by atoms with E-state index < -0.39 is 18.1 Å². The summed E-state index contributed by atoms with van der Waals surface area (Å²) < 4.78 is 4.69. The first-order valence-electron chi connectivity index (χ1n) is 6.08. The Morgan fingerprint density at radius 3 is 2.68 bits per heavy atom. The molecule has 0 radical (unpaired) electrons. The van der Waals surface area contributed by atoms with E-state index in [0.29, 0.717) is 5.56 Å². The highest BCUT2D eigenvalue weighted by atomic mass is 32.1. The fraction of sp³-hybridized carbons (Fsp3) is 0.538. The topological polar surface area (TPSA) is 66.8 Å². The van der Waals surface area contributed by atoms with Gasteiger partial charge in [-0.1, -0.05) is 0 Å². The van der Waals surface area contributed by atoms with Crippen LogP contribution in [-0.2, 0) is 9.53 Å². The van der Waals surface area contributed by atoms with Crippen LogP contribution < -0.4 is 0 Å². The van der Waals surface area contributed by atoms with Crippen molar-refractivity contribution in [3.05, 3.63) is 21.4 Å². The van der Waals surface area contributed by atoms with Crippen LogP contribution in [0.4, 0.5) is 0 Å². The number of nitrogens with zero attached hydrogens (tertiary/aromatic N) is 1.